The van der Waals surface area contributed by atoms with Gasteiger partial charge >= 0.3 is 0 Å². The SMILES string of the molecule is Cl.Cl.Cl.Oc1c(CNCCCCCCCCCCNc2c3c(nc4ccccc24)CCCC3)cc(Cl)c2cccnc12. The normalized spacial score (nSPS) is 12.2. The summed E-state index contributed by atoms with van der Waals surface area (Å²) in [5.41, 5.74) is 6.62. The first-order valence-electron chi connectivity index (χ1n) is 14.8. The molecule has 0 aliphatic heterocycles. The van der Waals surface area contributed by atoms with Crippen molar-refractivity contribution < 1.29 is 5.11 Å². The fourth-order valence-corrected chi connectivity index (χ4v) is 6.10. The van der Waals surface area contributed by atoms with Crippen LogP contribution in [0.5, 0.6) is 5.75 Å². The zero-order chi connectivity index (χ0) is 26.9. The second kappa shape index (κ2) is 18.6. The van der Waals surface area contributed by atoms with Crippen LogP contribution in [0.2, 0.25) is 5.02 Å². The lowest BCUT2D eigenvalue weighted by molar-refractivity contribution is 0.468. The monoisotopic (exact) mass is 652 g/mol. The van der Waals surface area contributed by atoms with Crippen LogP contribution in [0.1, 0.15) is 81.0 Å². The number of para-hydroxylation sites is 1. The number of hydrogen-bond acceptors (Lipinski definition) is 5. The minimum absolute atomic E-state index is 0. The van der Waals surface area contributed by atoms with Gasteiger partial charge in [0.1, 0.15) is 11.3 Å². The molecule has 0 radical (unpaired) electrons. The molecule has 1 aliphatic rings. The predicted octanol–water partition coefficient (Wildman–Crippen LogP) is 9.61. The summed E-state index contributed by atoms with van der Waals surface area (Å²) in [5, 5.41) is 20.5. The van der Waals surface area contributed by atoms with E-state index in [1.807, 2.05) is 18.2 Å². The molecule has 0 atom stereocenters. The third-order valence-corrected chi connectivity index (χ3v) is 8.27. The number of halogens is 4. The van der Waals surface area contributed by atoms with Crippen molar-refractivity contribution in [3.63, 3.8) is 0 Å². The summed E-state index contributed by atoms with van der Waals surface area (Å²) in [6.07, 6.45) is 16.6. The fourth-order valence-electron chi connectivity index (χ4n) is 5.82. The van der Waals surface area contributed by atoms with Crippen molar-refractivity contribution in [3.05, 3.63) is 70.5 Å². The Morgan fingerprint density at radius 2 is 1.45 bits per heavy atom. The molecule has 2 heterocycles. The predicted molar refractivity (Wildman–Crippen MR) is 186 cm³/mol. The van der Waals surface area contributed by atoms with Crippen molar-refractivity contribution in [3.8, 4) is 5.75 Å². The van der Waals surface area contributed by atoms with Gasteiger partial charge in [-0.2, -0.15) is 0 Å². The molecule has 9 heteroatoms. The van der Waals surface area contributed by atoms with Gasteiger partial charge in [-0.05, 0) is 74.9 Å². The highest BCUT2D eigenvalue weighted by molar-refractivity contribution is 6.35. The molecule has 0 saturated heterocycles. The first kappa shape index (κ1) is 36.2. The summed E-state index contributed by atoms with van der Waals surface area (Å²) in [5.74, 6) is 0.228. The van der Waals surface area contributed by atoms with E-state index in [9.17, 15) is 5.11 Å². The molecule has 230 valence electrons. The zero-order valence-electron chi connectivity index (χ0n) is 24.2. The molecule has 1 aliphatic carbocycles. The van der Waals surface area contributed by atoms with E-state index in [1.165, 1.54) is 80.1 Å². The van der Waals surface area contributed by atoms with Gasteiger partial charge in [0.2, 0.25) is 0 Å². The second-order valence-electron chi connectivity index (χ2n) is 10.8. The standard InChI is InChI=1S/C33H41ClN4O.3ClH/c34-28-22-24(33(39)32-25(28)16-13-21-37-32)23-35-19-11-5-3-1-2-4-6-12-20-36-31-26-14-7-9-17-29(26)38-30-18-10-8-15-27(30)31;;;/h7,9,13-14,16-17,21-22,35,39H,1-6,8,10-12,15,18-20,23H2,(H,36,38);3*1H. The summed E-state index contributed by atoms with van der Waals surface area (Å²) in [7, 11) is 0. The molecule has 0 spiro atoms. The molecule has 3 N–H and O–H groups in total. The minimum Gasteiger partial charge on any atom is -0.505 e. The lowest BCUT2D eigenvalue weighted by Gasteiger charge is -2.21. The van der Waals surface area contributed by atoms with Gasteiger partial charge in [0.05, 0.1) is 10.5 Å². The molecule has 0 fully saturated rings. The Labute approximate surface area is 273 Å². The average molecular weight is 655 g/mol. The van der Waals surface area contributed by atoms with Gasteiger partial charge in [0.15, 0.2) is 0 Å². The second-order valence-corrected chi connectivity index (χ2v) is 11.2. The Morgan fingerprint density at radius 1 is 0.786 bits per heavy atom. The first-order chi connectivity index (χ1) is 19.2. The Hall–Kier alpha value is -2.02. The summed E-state index contributed by atoms with van der Waals surface area (Å²) in [4.78, 5) is 9.24. The van der Waals surface area contributed by atoms with Gasteiger partial charge in [0.25, 0.3) is 0 Å². The van der Waals surface area contributed by atoms with Crippen molar-refractivity contribution in [2.24, 2.45) is 0 Å². The number of rotatable bonds is 14. The number of pyridine rings is 2. The van der Waals surface area contributed by atoms with E-state index in [0.717, 1.165) is 48.8 Å². The number of anilines is 1. The number of phenolic OH excluding ortho intramolecular Hbond substituents is 1. The number of unbranched alkanes of at least 4 members (excludes halogenated alkanes) is 7. The van der Waals surface area contributed by atoms with Crippen LogP contribution in [0.25, 0.3) is 21.8 Å². The molecule has 0 unspecified atom stereocenters. The van der Waals surface area contributed by atoms with Crippen molar-refractivity contribution in [2.75, 3.05) is 18.4 Å². The maximum Gasteiger partial charge on any atom is 0.146 e. The van der Waals surface area contributed by atoms with E-state index in [-0.39, 0.29) is 43.0 Å². The number of benzene rings is 2. The molecule has 2 aromatic carbocycles. The van der Waals surface area contributed by atoms with E-state index >= 15 is 0 Å². The quantitative estimate of drug-likeness (QED) is 0.118. The number of aryl methyl sites for hydroxylation is 1. The molecule has 5 nitrogen and oxygen atoms in total. The van der Waals surface area contributed by atoms with Crippen molar-refractivity contribution in [1.82, 2.24) is 15.3 Å². The average Bonchev–Trinajstić information content (AvgIpc) is 2.97. The van der Waals surface area contributed by atoms with Crippen LogP contribution in [0.15, 0.2) is 48.7 Å². The Kier molecular flexibility index (Phi) is 16.0. The number of nitrogens with one attached hydrogen (secondary N) is 2. The van der Waals surface area contributed by atoms with E-state index in [1.54, 1.807) is 6.20 Å². The molecule has 2 aromatic heterocycles. The van der Waals surface area contributed by atoms with Crippen LogP contribution in [-0.4, -0.2) is 28.2 Å². The molecule has 42 heavy (non-hydrogen) atoms. The minimum atomic E-state index is 0. The zero-order valence-corrected chi connectivity index (χ0v) is 27.4. The summed E-state index contributed by atoms with van der Waals surface area (Å²) in [6, 6.07) is 14.1. The number of nitrogens with zero attached hydrogens (tertiary/aromatic N) is 2. The van der Waals surface area contributed by atoms with Gasteiger partial charge in [-0.25, -0.2) is 0 Å². The highest BCUT2D eigenvalue weighted by atomic mass is 35.5. The van der Waals surface area contributed by atoms with E-state index in [2.05, 4.69) is 39.9 Å². The molecular weight excluding hydrogens is 610 g/mol. The first-order valence-corrected chi connectivity index (χ1v) is 15.2. The maximum atomic E-state index is 10.5. The van der Waals surface area contributed by atoms with Gasteiger partial charge in [-0.3, -0.25) is 9.97 Å². The van der Waals surface area contributed by atoms with E-state index < -0.39 is 0 Å². The largest absolute Gasteiger partial charge is 0.505 e. The van der Waals surface area contributed by atoms with E-state index in [0.29, 0.717) is 17.1 Å². The highest BCUT2D eigenvalue weighted by Crippen LogP contribution is 2.34. The smallest absolute Gasteiger partial charge is 0.146 e. The van der Waals surface area contributed by atoms with Gasteiger partial charge in [-0.15, -0.1) is 37.2 Å². The van der Waals surface area contributed by atoms with Crippen molar-refractivity contribution in [2.45, 2.75) is 83.6 Å². The molecule has 0 saturated carbocycles. The summed E-state index contributed by atoms with van der Waals surface area (Å²) < 4.78 is 0. The summed E-state index contributed by atoms with van der Waals surface area (Å²) >= 11 is 6.38. The maximum absolute atomic E-state index is 10.5. The fraction of sp³-hybridized carbons (Fsp3) is 0.455. The summed E-state index contributed by atoms with van der Waals surface area (Å²) in [6.45, 7) is 2.58. The van der Waals surface area contributed by atoms with Crippen LogP contribution in [0.4, 0.5) is 5.69 Å². The Balaban J connectivity index is 0.00000205. The van der Waals surface area contributed by atoms with Crippen LogP contribution in [-0.2, 0) is 19.4 Å². The van der Waals surface area contributed by atoms with Gasteiger partial charge in [0, 0.05) is 47.0 Å². The molecule has 4 aromatic rings. The molecule has 0 amide bonds. The number of aromatic nitrogens is 2. The topological polar surface area (TPSA) is 70.1 Å². The Morgan fingerprint density at radius 3 is 2.24 bits per heavy atom. The number of aromatic hydroxyl groups is 1. The van der Waals surface area contributed by atoms with Gasteiger partial charge < -0.3 is 15.7 Å². The van der Waals surface area contributed by atoms with Crippen molar-refractivity contribution in [1.29, 1.82) is 0 Å². The lowest BCUT2D eigenvalue weighted by Crippen LogP contribution is -2.14. The number of hydrogen-bond donors (Lipinski definition) is 3. The van der Waals surface area contributed by atoms with Crippen LogP contribution in [0.3, 0.4) is 0 Å². The number of fused-ring (bicyclic) bond motifs is 3. The highest BCUT2D eigenvalue weighted by Gasteiger charge is 2.17. The van der Waals surface area contributed by atoms with Crippen molar-refractivity contribution >= 4 is 76.3 Å². The molecule has 0 bridgehead atoms. The molecule has 5 rings (SSSR count). The lowest BCUT2D eigenvalue weighted by atomic mass is 9.92. The third kappa shape index (κ3) is 9.24. The van der Waals surface area contributed by atoms with Crippen LogP contribution >= 0.6 is 48.8 Å². The third-order valence-electron chi connectivity index (χ3n) is 7.96. The van der Waals surface area contributed by atoms with Gasteiger partial charge in [-0.1, -0.05) is 68.3 Å². The van der Waals surface area contributed by atoms with Crippen LogP contribution < -0.4 is 10.6 Å². The van der Waals surface area contributed by atoms with Crippen LogP contribution in [0, 0.1) is 0 Å². The number of phenols is 1. The van der Waals surface area contributed by atoms with E-state index in [4.69, 9.17) is 16.6 Å². The molecular formula is C33H44Cl4N4O. The Bertz CT molecular complexity index is 1400.